The molecule has 0 aliphatic carbocycles. The van der Waals surface area contributed by atoms with E-state index in [1.54, 1.807) is 14.2 Å². The molecule has 116 valence electrons. The van der Waals surface area contributed by atoms with Gasteiger partial charge in [-0.3, -0.25) is 0 Å². The second kappa shape index (κ2) is 11.1. The van der Waals surface area contributed by atoms with Gasteiger partial charge < -0.3 is 24.1 Å². The van der Waals surface area contributed by atoms with Gasteiger partial charge in [0.25, 0.3) is 0 Å². The van der Waals surface area contributed by atoms with E-state index in [4.69, 9.17) is 24.1 Å². The van der Waals surface area contributed by atoms with E-state index < -0.39 is 0 Å². The van der Waals surface area contributed by atoms with Crippen LogP contribution in [0.25, 0.3) is 0 Å². The smallest absolute Gasteiger partial charge is 0.119 e. The average Bonchev–Trinajstić information content (AvgIpc) is 2.52. The second-order valence-corrected chi connectivity index (χ2v) is 4.14. The highest BCUT2D eigenvalue weighted by Crippen LogP contribution is 2.18. The highest BCUT2D eigenvalue weighted by Gasteiger charge is 2.03. The van der Waals surface area contributed by atoms with Gasteiger partial charge >= 0.3 is 0 Å². The largest absolute Gasteiger partial charge is 0.497 e. The van der Waals surface area contributed by atoms with Crippen LogP contribution in [-0.4, -0.2) is 52.4 Å². The van der Waals surface area contributed by atoms with E-state index in [-0.39, 0.29) is 6.61 Å². The summed E-state index contributed by atoms with van der Waals surface area (Å²) in [7, 11) is 3.25. The molecule has 0 aliphatic heterocycles. The molecule has 0 spiro atoms. The highest BCUT2D eigenvalue weighted by atomic mass is 16.5. The van der Waals surface area contributed by atoms with Gasteiger partial charge in [-0.25, -0.2) is 0 Å². The zero-order valence-corrected chi connectivity index (χ0v) is 12.6. The molecule has 0 saturated carbocycles. The molecule has 1 aromatic carbocycles. The minimum absolute atomic E-state index is 0.167. The number of hydrogen-bond acceptors (Lipinski definition) is 5. The van der Waals surface area contributed by atoms with E-state index in [2.05, 4.69) is 11.8 Å². The van der Waals surface area contributed by atoms with E-state index in [1.165, 1.54) is 0 Å². The molecule has 1 aromatic rings. The first-order valence-electron chi connectivity index (χ1n) is 6.73. The quantitative estimate of drug-likeness (QED) is 0.548. The minimum Gasteiger partial charge on any atom is -0.497 e. The van der Waals surface area contributed by atoms with Gasteiger partial charge in [0.1, 0.15) is 12.4 Å². The summed E-state index contributed by atoms with van der Waals surface area (Å²) in [5, 5.41) is 8.78. The van der Waals surface area contributed by atoms with Crippen LogP contribution in [-0.2, 0) is 20.8 Å². The fraction of sp³-hybridized carbons (Fsp3) is 0.500. The zero-order valence-electron chi connectivity index (χ0n) is 12.6. The Bertz CT molecular complexity index is 461. The van der Waals surface area contributed by atoms with Crippen molar-refractivity contribution in [2.75, 3.05) is 47.3 Å². The molecule has 0 atom stereocenters. The lowest BCUT2D eigenvalue weighted by atomic mass is 10.1. The molecular formula is C16H22O5. The number of aliphatic hydroxyl groups excluding tert-OH is 1. The molecule has 5 heteroatoms. The third-order valence-corrected chi connectivity index (χ3v) is 2.68. The predicted molar refractivity (Wildman–Crippen MR) is 79.3 cm³/mol. The SMILES string of the molecule is COCCOCCOCc1cc(OC)ccc1C#CCO. The molecule has 0 radical (unpaired) electrons. The van der Waals surface area contributed by atoms with Crippen molar-refractivity contribution in [3.8, 4) is 17.6 Å². The van der Waals surface area contributed by atoms with Crippen molar-refractivity contribution >= 4 is 0 Å². The molecule has 0 fully saturated rings. The van der Waals surface area contributed by atoms with Crippen LogP contribution < -0.4 is 4.74 Å². The Morgan fingerprint density at radius 2 is 1.81 bits per heavy atom. The fourth-order valence-corrected chi connectivity index (χ4v) is 1.62. The second-order valence-electron chi connectivity index (χ2n) is 4.14. The van der Waals surface area contributed by atoms with E-state index in [1.807, 2.05) is 18.2 Å². The van der Waals surface area contributed by atoms with Gasteiger partial charge in [-0.05, 0) is 23.8 Å². The van der Waals surface area contributed by atoms with Crippen LogP contribution in [0.1, 0.15) is 11.1 Å². The number of ether oxygens (including phenoxy) is 4. The minimum atomic E-state index is -0.167. The van der Waals surface area contributed by atoms with Crippen LogP contribution >= 0.6 is 0 Å². The average molecular weight is 294 g/mol. The molecule has 0 aromatic heterocycles. The van der Waals surface area contributed by atoms with Crippen LogP contribution in [0.4, 0.5) is 0 Å². The standard InChI is InChI=1S/C16H22O5/c1-18-8-9-20-10-11-21-13-15-12-16(19-2)6-5-14(15)4-3-7-17/h5-6,12,17H,7-11,13H2,1-2H3. The lowest BCUT2D eigenvalue weighted by molar-refractivity contribution is 0.0199. The van der Waals surface area contributed by atoms with Crippen molar-refractivity contribution in [1.29, 1.82) is 0 Å². The Balaban J connectivity index is 2.47. The number of benzene rings is 1. The number of aliphatic hydroxyl groups is 1. The summed E-state index contributed by atoms with van der Waals surface area (Å²) in [6.45, 7) is 2.40. The third kappa shape index (κ3) is 7.11. The van der Waals surface area contributed by atoms with Gasteiger partial charge in [0.05, 0.1) is 40.1 Å². The molecule has 21 heavy (non-hydrogen) atoms. The number of hydrogen-bond donors (Lipinski definition) is 1. The van der Waals surface area contributed by atoms with Gasteiger partial charge in [0.15, 0.2) is 0 Å². The van der Waals surface area contributed by atoms with Gasteiger partial charge in [-0.2, -0.15) is 0 Å². The molecule has 0 amide bonds. The summed E-state index contributed by atoms with van der Waals surface area (Å²) in [4.78, 5) is 0. The fourth-order valence-electron chi connectivity index (χ4n) is 1.62. The molecular weight excluding hydrogens is 272 g/mol. The van der Waals surface area contributed by atoms with Crippen molar-refractivity contribution in [2.24, 2.45) is 0 Å². The number of methoxy groups -OCH3 is 2. The first kappa shape index (κ1) is 17.5. The monoisotopic (exact) mass is 294 g/mol. The highest BCUT2D eigenvalue weighted by molar-refractivity contribution is 5.45. The Labute approximate surface area is 125 Å². The molecule has 0 bridgehead atoms. The van der Waals surface area contributed by atoms with Gasteiger partial charge in [0, 0.05) is 12.7 Å². The third-order valence-electron chi connectivity index (χ3n) is 2.68. The molecule has 0 aliphatic rings. The van der Waals surface area contributed by atoms with Crippen LogP contribution in [0.2, 0.25) is 0 Å². The lowest BCUT2D eigenvalue weighted by Crippen LogP contribution is -2.08. The molecule has 0 saturated heterocycles. The maximum atomic E-state index is 8.78. The molecule has 0 unspecified atom stereocenters. The van der Waals surface area contributed by atoms with Gasteiger partial charge in [-0.1, -0.05) is 11.8 Å². The summed E-state index contributed by atoms with van der Waals surface area (Å²) in [5.41, 5.74) is 1.75. The van der Waals surface area contributed by atoms with Crippen LogP contribution in [0.5, 0.6) is 5.75 Å². The van der Waals surface area contributed by atoms with Crippen LogP contribution in [0, 0.1) is 11.8 Å². The van der Waals surface area contributed by atoms with Crippen molar-refractivity contribution in [1.82, 2.24) is 0 Å². The predicted octanol–water partition coefficient (Wildman–Crippen LogP) is 1.22. The van der Waals surface area contributed by atoms with Crippen LogP contribution in [0.3, 0.4) is 0 Å². The van der Waals surface area contributed by atoms with Crippen molar-refractivity contribution in [2.45, 2.75) is 6.61 Å². The summed E-state index contributed by atoms with van der Waals surface area (Å²) in [6.07, 6.45) is 0. The van der Waals surface area contributed by atoms with Crippen molar-refractivity contribution < 1.29 is 24.1 Å². The molecule has 1 N–H and O–H groups in total. The lowest BCUT2D eigenvalue weighted by Gasteiger charge is -2.09. The maximum Gasteiger partial charge on any atom is 0.119 e. The van der Waals surface area contributed by atoms with Crippen LogP contribution in [0.15, 0.2) is 18.2 Å². The topological polar surface area (TPSA) is 57.2 Å². The van der Waals surface area contributed by atoms with E-state index >= 15 is 0 Å². The Morgan fingerprint density at radius 1 is 1.05 bits per heavy atom. The van der Waals surface area contributed by atoms with Gasteiger partial charge in [0.2, 0.25) is 0 Å². The number of rotatable bonds is 9. The first-order chi connectivity index (χ1) is 10.3. The molecule has 5 nitrogen and oxygen atoms in total. The maximum absolute atomic E-state index is 8.78. The van der Waals surface area contributed by atoms with E-state index in [0.717, 1.165) is 16.9 Å². The summed E-state index contributed by atoms with van der Waals surface area (Å²) in [6, 6.07) is 5.57. The van der Waals surface area contributed by atoms with Crippen molar-refractivity contribution in [3.63, 3.8) is 0 Å². The first-order valence-corrected chi connectivity index (χ1v) is 6.73. The zero-order chi connectivity index (χ0) is 15.3. The Kier molecular flexibility index (Phi) is 9.25. The Morgan fingerprint density at radius 3 is 2.52 bits per heavy atom. The van der Waals surface area contributed by atoms with Crippen molar-refractivity contribution in [3.05, 3.63) is 29.3 Å². The Hall–Kier alpha value is -1.58. The summed E-state index contributed by atoms with van der Waals surface area (Å²) >= 11 is 0. The molecule has 0 heterocycles. The van der Waals surface area contributed by atoms with Gasteiger partial charge in [-0.15, -0.1) is 0 Å². The summed E-state index contributed by atoms with van der Waals surface area (Å²) in [5.74, 6) is 6.29. The van der Waals surface area contributed by atoms with E-state index in [9.17, 15) is 0 Å². The molecule has 1 rings (SSSR count). The van der Waals surface area contributed by atoms with E-state index in [0.29, 0.717) is 33.0 Å². The summed E-state index contributed by atoms with van der Waals surface area (Å²) < 4.78 is 21.0. The normalized spacial score (nSPS) is 10.0.